The van der Waals surface area contributed by atoms with E-state index < -0.39 is 61.5 Å². The first-order valence-electron chi connectivity index (χ1n) is 7.21. The third-order valence-electron chi connectivity index (χ3n) is 6.40. The quantitative estimate of drug-likeness (QED) is 0.486. The smallest absolute Gasteiger partial charge is 0.307 e. The highest BCUT2D eigenvalue weighted by Crippen LogP contribution is 2.83. The van der Waals surface area contributed by atoms with Crippen LogP contribution in [0.25, 0.3) is 0 Å². The van der Waals surface area contributed by atoms with Crippen LogP contribution >= 0.6 is 69.6 Å². The van der Waals surface area contributed by atoms with E-state index in [0.717, 1.165) is 0 Å². The van der Waals surface area contributed by atoms with Crippen molar-refractivity contribution in [3.05, 3.63) is 10.1 Å². The van der Waals surface area contributed by atoms with E-state index in [0.29, 0.717) is 6.42 Å². The molecule has 2 N–H and O–H groups in total. The lowest BCUT2D eigenvalue weighted by molar-refractivity contribution is -0.158. The molecule has 4 nitrogen and oxygen atoms in total. The normalized spacial score (nSPS) is 53.6. The van der Waals surface area contributed by atoms with Crippen molar-refractivity contribution in [2.75, 3.05) is 0 Å². The molecule has 0 amide bonds. The van der Waals surface area contributed by atoms with Gasteiger partial charge in [0.1, 0.15) is 9.75 Å². The van der Waals surface area contributed by atoms with Crippen LogP contribution in [0.4, 0.5) is 0 Å². The van der Waals surface area contributed by atoms with Gasteiger partial charge in [0.25, 0.3) is 0 Å². The van der Waals surface area contributed by atoms with Crippen molar-refractivity contribution >= 4 is 81.5 Å². The second-order valence-electron chi connectivity index (χ2n) is 6.97. The number of hydrogen-bond acceptors (Lipinski definition) is 2. The average molecular weight is 455 g/mol. The van der Waals surface area contributed by atoms with Gasteiger partial charge in [-0.15, -0.1) is 23.2 Å². The van der Waals surface area contributed by atoms with Crippen LogP contribution in [0.5, 0.6) is 0 Å². The van der Waals surface area contributed by atoms with E-state index in [9.17, 15) is 19.8 Å². The molecule has 10 heteroatoms. The molecule has 0 radical (unpaired) electrons. The lowest BCUT2D eigenvalue weighted by atomic mass is 9.64. The zero-order chi connectivity index (χ0) is 18.0. The van der Waals surface area contributed by atoms with E-state index in [4.69, 9.17) is 69.6 Å². The maximum atomic E-state index is 11.7. The Bertz CT molecular complexity index is 666. The first-order chi connectivity index (χ1) is 10.9. The van der Waals surface area contributed by atoms with Gasteiger partial charge in [-0.3, -0.25) is 9.59 Å². The van der Waals surface area contributed by atoms with Crippen molar-refractivity contribution < 1.29 is 19.8 Å². The summed E-state index contributed by atoms with van der Waals surface area (Å²) in [7, 11) is 0. The van der Waals surface area contributed by atoms with E-state index in [1.165, 1.54) is 0 Å². The molecule has 4 aliphatic rings. The topological polar surface area (TPSA) is 74.6 Å². The van der Waals surface area contributed by atoms with Crippen LogP contribution in [0, 0.1) is 35.5 Å². The largest absolute Gasteiger partial charge is 0.481 e. The molecule has 8 atom stereocenters. The number of carboxylic acids is 2. The van der Waals surface area contributed by atoms with Gasteiger partial charge in [-0.25, -0.2) is 0 Å². The average Bonchev–Trinajstić information content (AvgIpc) is 3.11. The summed E-state index contributed by atoms with van der Waals surface area (Å²) in [4.78, 5) is 20.4. The van der Waals surface area contributed by atoms with Gasteiger partial charge in [-0.05, 0) is 30.1 Å². The third-order valence-corrected chi connectivity index (χ3v) is 10.7. The van der Waals surface area contributed by atoms with Gasteiger partial charge < -0.3 is 10.2 Å². The molecular formula is C14H10Cl6O4. The fourth-order valence-electron chi connectivity index (χ4n) is 5.74. The number of carbonyl (C=O) groups is 2. The SMILES string of the molecule is O=C(O)C1C2CC(C1C(=O)O)C1C2C2(Cl)C(Cl)=C(Cl)C1(Cl)C2(Cl)Cl. The van der Waals surface area contributed by atoms with Crippen molar-refractivity contribution in [1.29, 1.82) is 0 Å². The number of fused-ring (bicyclic) bond motifs is 9. The summed E-state index contributed by atoms with van der Waals surface area (Å²) in [5.41, 5.74) is 0. The van der Waals surface area contributed by atoms with Gasteiger partial charge in [-0.1, -0.05) is 46.4 Å². The Morgan fingerprint density at radius 2 is 1.17 bits per heavy atom. The fraction of sp³-hybridized carbons (Fsp3) is 0.714. The monoisotopic (exact) mass is 452 g/mol. The number of alkyl halides is 4. The van der Waals surface area contributed by atoms with E-state index in [-0.39, 0.29) is 10.1 Å². The molecule has 3 saturated carbocycles. The molecule has 4 bridgehead atoms. The molecule has 0 saturated heterocycles. The lowest BCUT2D eigenvalue weighted by Gasteiger charge is -2.43. The highest BCUT2D eigenvalue weighted by atomic mass is 35.5. The van der Waals surface area contributed by atoms with Crippen molar-refractivity contribution in [3.63, 3.8) is 0 Å². The Hall–Kier alpha value is 0.420. The van der Waals surface area contributed by atoms with Crippen LogP contribution in [0.15, 0.2) is 10.1 Å². The molecule has 0 aromatic carbocycles. The second kappa shape index (κ2) is 4.82. The van der Waals surface area contributed by atoms with Gasteiger partial charge in [-0.2, -0.15) is 0 Å². The summed E-state index contributed by atoms with van der Waals surface area (Å²) in [6.45, 7) is 0. The van der Waals surface area contributed by atoms with Crippen molar-refractivity contribution in [3.8, 4) is 0 Å². The number of halogens is 6. The summed E-state index contributed by atoms with van der Waals surface area (Å²) in [6, 6.07) is 0. The van der Waals surface area contributed by atoms with E-state index in [1.807, 2.05) is 0 Å². The maximum Gasteiger partial charge on any atom is 0.307 e. The molecule has 3 fully saturated rings. The second-order valence-corrected chi connectivity index (χ2v) is 10.2. The van der Waals surface area contributed by atoms with Crippen LogP contribution in [-0.2, 0) is 9.59 Å². The standard InChI is InChI=1S/C14H10Cl6O4/c15-8-9(16)13(18)7-3-1-2(4(10(21)22)5(3)11(23)24)6(7)12(8,17)14(13,19)20/h2-7H,1H2,(H,21,22)(H,23,24). The predicted molar refractivity (Wildman–Crippen MR) is 91.2 cm³/mol. The Morgan fingerprint density at radius 1 is 0.833 bits per heavy atom. The summed E-state index contributed by atoms with van der Waals surface area (Å²) in [6.07, 6.45) is 0.365. The minimum atomic E-state index is -1.76. The number of allylic oxidation sites excluding steroid dienone is 2. The van der Waals surface area contributed by atoms with Gasteiger partial charge in [0.15, 0.2) is 4.33 Å². The molecule has 0 heterocycles. The molecule has 4 aliphatic carbocycles. The zero-order valence-corrected chi connectivity index (χ0v) is 16.2. The van der Waals surface area contributed by atoms with Crippen molar-refractivity contribution in [2.24, 2.45) is 35.5 Å². The van der Waals surface area contributed by atoms with E-state index >= 15 is 0 Å². The van der Waals surface area contributed by atoms with E-state index in [2.05, 4.69) is 0 Å². The first kappa shape index (κ1) is 17.8. The highest BCUT2D eigenvalue weighted by Gasteiger charge is 2.88. The third kappa shape index (κ3) is 1.51. The van der Waals surface area contributed by atoms with Gasteiger partial charge in [0, 0.05) is 0 Å². The predicted octanol–water partition coefficient (Wildman–Crippen LogP) is 4.12. The van der Waals surface area contributed by atoms with Crippen molar-refractivity contribution in [1.82, 2.24) is 0 Å². The molecule has 0 aromatic heterocycles. The Balaban J connectivity index is 1.94. The van der Waals surface area contributed by atoms with E-state index in [1.54, 1.807) is 0 Å². The highest BCUT2D eigenvalue weighted by molar-refractivity contribution is 6.65. The van der Waals surface area contributed by atoms with Crippen LogP contribution in [0.2, 0.25) is 0 Å². The van der Waals surface area contributed by atoms with Crippen LogP contribution < -0.4 is 0 Å². The lowest BCUT2D eigenvalue weighted by Crippen LogP contribution is -2.49. The Labute approximate surface area is 167 Å². The maximum absolute atomic E-state index is 11.7. The van der Waals surface area contributed by atoms with Crippen molar-refractivity contribution in [2.45, 2.75) is 20.5 Å². The van der Waals surface area contributed by atoms with Gasteiger partial charge in [0.2, 0.25) is 0 Å². The molecular weight excluding hydrogens is 445 g/mol. The molecule has 8 unspecified atom stereocenters. The first-order valence-corrected chi connectivity index (χ1v) is 9.48. The van der Waals surface area contributed by atoms with Crippen LogP contribution in [-0.4, -0.2) is 36.2 Å². The summed E-state index contributed by atoms with van der Waals surface area (Å²) >= 11 is 39.1. The molecule has 0 spiro atoms. The zero-order valence-electron chi connectivity index (χ0n) is 11.6. The molecule has 0 aliphatic heterocycles. The van der Waals surface area contributed by atoms with Gasteiger partial charge >= 0.3 is 11.9 Å². The van der Waals surface area contributed by atoms with Gasteiger partial charge in [0.05, 0.1) is 21.9 Å². The molecule has 0 aromatic rings. The number of aliphatic carboxylic acids is 2. The summed E-state index contributed by atoms with van der Waals surface area (Å²) in [5, 5.41) is 19.2. The molecule has 132 valence electrons. The number of hydrogen-bond donors (Lipinski definition) is 2. The minimum Gasteiger partial charge on any atom is -0.481 e. The Kier molecular flexibility index (Phi) is 3.58. The van der Waals surface area contributed by atoms with Crippen LogP contribution in [0.3, 0.4) is 0 Å². The number of rotatable bonds is 2. The van der Waals surface area contributed by atoms with Crippen LogP contribution in [0.1, 0.15) is 6.42 Å². The Morgan fingerprint density at radius 3 is 1.46 bits per heavy atom. The molecule has 4 rings (SSSR count). The summed E-state index contributed by atoms with van der Waals surface area (Å²) in [5.74, 6) is -6.71. The minimum absolute atomic E-state index is 0.0237. The summed E-state index contributed by atoms with van der Waals surface area (Å²) < 4.78 is -1.76. The molecule has 24 heavy (non-hydrogen) atoms. The fourth-order valence-corrected chi connectivity index (χ4v) is 8.88. The number of carboxylic acid groups (broad SMARTS) is 2.